The van der Waals surface area contributed by atoms with Gasteiger partial charge in [0.2, 0.25) is 0 Å². The average Bonchev–Trinajstić information content (AvgIpc) is 2.12. The predicted octanol–water partition coefficient (Wildman–Crippen LogP) is 2.99. The molecule has 1 aliphatic carbocycles. The molecule has 0 aliphatic heterocycles. The number of hydrogen-bond donors (Lipinski definition) is 1. The van der Waals surface area contributed by atoms with E-state index in [2.05, 4.69) is 32.7 Å². The smallest absolute Gasteiger partial charge is 0.0690 e. The lowest BCUT2D eigenvalue weighted by atomic mass is 9.71. The molecule has 0 amide bonds. The highest BCUT2D eigenvalue weighted by atomic mass is 16.5. The van der Waals surface area contributed by atoms with Gasteiger partial charge in [0, 0.05) is 6.54 Å². The second kappa shape index (κ2) is 5.83. The van der Waals surface area contributed by atoms with Crippen LogP contribution in [0.3, 0.4) is 0 Å². The van der Waals surface area contributed by atoms with Crippen molar-refractivity contribution in [1.29, 1.82) is 0 Å². The molecule has 0 spiro atoms. The van der Waals surface area contributed by atoms with Crippen LogP contribution < -0.4 is 5.32 Å². The Balaban J connectivity index is 2.34. The summed E-state index contributed by atoms with van der Waals surface area (Å²) in [4.78, 5) is 0. The SMILES string of the molecule is C=C(CNC)COC1CC(C)CC(C)(C)C1. The van der Waals surface area contributed by atoms with Crippen LogP contribution in [0.4, 0.5) is 0 Å². The molecule has 0 aromatic carbocycles. The van der Waals surface area contributed by atoms with Crippen LogP contribution in [0.2, 0.25) is 0 Å². The molecule has 2 heteroatoms. The maximum absolute atomic E-state index is 5.96. The van der Waals surface area contributed by atoms with E-state index < -0.39 is 0 Å². The summed E-state index contributed by atoms with van der Waals surface area (Å²) >= 11 is 0. The molecule has 2 unspecified atom stereocenters. The summed E-state index contributed by atoms with van der Waals surface area (Å²) in [6.45, 7) is 12.6. The molecular weight excluding hydrogens is 198 g/mol. The van der Waals surface area contributed by atoms with Gasteiger partial charge < -0.3 is 10.1 Å². The number of rotatable bonds is 5. The maximum atomic E-state index is 5.96. The van der Waals surface area contributed by atoms with E-state index in [9.17, 15) is 0 Å². The zero-order chi connectivity index (χ0) is 12.2. The van der Waals surface area contributed by atoms with Crippen molar-refractivity contribution in [2.24, 2.45) is 11.3 Å². The molecule has 1 aliphatic rings. The summed E-state index contributed by atoms with van der Waals surface area (Å²) in [7, 11) is 1.94. The Kier molecular flexibility index (Phi) is 5.00. The van der Waals surface area contributed by atoms with Gasteiger partial charge in [0.25, 0.3) is 0 Å². The van der Waals surface area contributed by atoms with Gasteiger partial charge in [-0.15, -0.1) is 0 Å². The van der Waals surface area contributed by atoms with Crippen LogP contribution in [0.25, 0.3) is 0 Å². The number of ether oxygens (including phenoxy) is 1. The Bertz CT molecular complexity index is 235. The van der Waals surface area contributed by atoms with E-state index in [0.29, 0.717) is 18.1 Å². The minimum Gasteiger partial charge on any atom is -0.374 e. The van der Waals surface area contributed by atoms with Crippen molar-refractivity contribution < 1.29 is 4.74 Å². The van der Waals surface area contributed by atoms with Crippen molar-refractivity contribution >= 4 is 0 Å². The van der Waals surface area contributed by atoms with E-state index in [4.69, 9.17) is 4.74 Å². The topological polar surface area (TPSA) is 21.3 Å². The number of likely N-dealkylation sites (N-methyl/N-ethyl adjacent to an activating group) is 1. The fraction of sp³-hybridized carbons (Fsp3) is 0.857. The second-order valence-corrected chi connectivity index (χ2v) is 6.13. The van der Waals surface area contributed by atoms with E-state index in [1.807, 2.05) is 7.05 Å². The van der Waals surface area contributed by atoms with E-state index in [-0.39, 0.29) is 0 Å². The molecule has 1 fully saturated rings. The molecule has 0 aromatic rings. The van der Waals surface area contributed by atoms with Crippen molar-refractivity contribution in [3.63, 3.8) is 0 Å². The monoisotopic (exact) mass is 225 g/mol. The first-order valence-corrected chi connectivity index (χ1v) is 6.36. The Hall–Kier alpha value is -0.340. The van der Waals surface area contributed by atoms with Gasteiger partial charge in [-0.25, -0.2) is 0 Å². The van der Waals surface area contributed by atoms with E-state index >= 15 is 0 Å². The standard InChI is InChI=1S/C14H27NO/c1-11-6-13(8-14(3,4)7-11)16-10-12(2)9-15-5/h11,13,15H,2,6-10H2,1,3-5H3. The highest BCUT2D eigenvalue weighted by molar-refractivity contribution is 4.97. The minimum atomic E-state index is 0.423. The molecule has 2 nitrogen and oxygen atoms in total. The van der Waals surface area contributed by atoms with Gasteiger partial charge in [0.1, 0.15) is 0 Å². The Labute approximate surface area is 100 Å². The average molecular weight is 225 g/mol. The predicted molar refractivity (Wildman–Crippen MR) is 69.6 cm³/mol. The molecule has 2 atom stereocenters. The summed E-state index contributed by atoms with van der Waals surface area (Å²) in [6, 6.07) is 0. The Morgan fingerprint density at radius 3 is 2.69 bits per heavy atom. The first-order chi connectivity index (χ1) is 7.43. The van der Waals surface area contributed by atoms with Crippen LogP contribution in [-0.4, -0.2) is 26.3 Å². The fourth-order valence-corrected chi connectivity index (χ4v) is 2.92. The molecule has 94 valence electrons. The van der Waals surface area contributed by atoms with Crippen molar-refractivity contribution in [3.05, 3.63) is 12.2 Å². The molecule has 1 N–H and O–H groups in total. The third-order valence-electron chi connectivity index (χ3n) is 3.30. The number of hydrogen-bond acceptors (Lipinski definition) is 2. The summed E-state index contributed by atoms with van der Waals surface area (Å²) in [5.41, 5.74) is 1.57. The summed E-state index contributed by atoms with van der Waals surface area (Å²) < 4.78 is 5.96. The van der Waals surface area contributed by atoms with Crippen LogP contribution in [0.15, 0.2) is 12.2 Å². The first kappa shape index (κ1) is 13.7. The van der Waals surface area contributed by atoms with Crippen molar-refractivity contribution in [2.75, 3.05) is 20.2 Å². The molecule has 1 rings (SSSR count). The van der Waals surface area contributed by atoms with Crippen molar-refractivity contribution in [2.45, 2.75) is 46.1 Å². The second-order valence-electron chi connectivity index (χ2n) is 6.13. The van der Waals surface area contributed by atoms with Crippen molar-refractivity contribution in [3.8, 4) is 0 Å². The minimum absolute atomic E-state index is 0.423. The Morgan fingerprint density at radius 2 is 2.12 bits per heavy atom. The summed E-state index contributed by atoms with van der Waals surface area (Å²) in [5, 5.41) is 3.10. The fourth-order valence-electron chi connectivity index (χ4n) is 2.92. The summed E-state index contributed by atoms with van der Waals surface area (Å²) in [6.07, 6.45) is 4.14. The quantitative estimate of drug-likeness (QED) is 0.726. The third-order valence-corrected chi connectivity index (χ3v) is 3.30. The maximum Gasteiger partial charge on any atom is 0.0690 e. The van der Waals surface area contributed by atoms with E-state index in [0.717, 1.165) is 18.0 Å². The number of nitrogens with one attached hydrogen (secondary N) is 1. The van der Waals surface area contributed by atoms with Crippen LogP contribution in [0.5, 0.6) is 0 Å². The highest BCUT2D eigenvalue weighted by Gasteiger charge is 2.32. The van der Waals surface area contributed by atoms with Crippen molar-refractivity contribution in [1.82, 2.24) is 5.32 Å². The normalized spacial score (nSPS) is 29.0. The lowest BCUT2D eigenvalue weighted by Crippen LogP contribution is -2.33. The molecule has 0 heterocycles. The van der Waals surface area contributed by atoms with Gasteiger partial charge in [0.05, 0.1) is 12.7 Å². The van der Waals surface area contributed by atoms with Gasteiger partial charge in [-0.05, 0) is 43.2 Å². The zero-order valence-corrected chi connectivity index (χ0v) is 11.3. The first-order valence-electron chi connectivity index (χ1n) is 6.36. The molecule has 0 bridgehead atoms. The van der Waals surface area contributed by atoms with Gasteiger partial charge in [0.15, 0.2) is 0 Å². The Morgan fingerprint density at radius 1 is 1.44 bits per heavy atom. The van der Waals surface area contributed by atoms with Crippen LogP contribution in [0, 0.1) is 11.3 Å². The van der Waals surface area contributed by atoms with Gasteiger partial charge in [-0.3, -0.25) is 0 Å². The lowest BCUT2D eigenvalue weighted by molar-refractivity contribution is -0.0136. The largest absolute Gasteiger partial charge is 0.374 e. The molecule has 1 saturated carbocycles. The van der Waals surface area contributed by atoms with Crippen LogP contribution >= 0.6 is 0 Å². The van der Waals surface area contributed by atoms with Gasteiger partial charge >= 0.3 is 0 Å². The highest BCUT2D eigenvalue weighted by Crippen LogP contribution is 2.39. The molecule has 16 heavy (non-hydrogen) atoms. The summed E-state index contributed by atoms with van der Waals surface area (Å²) in [5.74, 6) is 0.784. The van der Waals surface area contributed by atoms with Gasteiger partial charge in [-0.2, -0.15) is 0 Å². The van der Waals surface area contributed by atoms with E-state index in [1.165, 1.54) is 19.3 Å². The molecule has 0 saturated heterocycles. The van der Waals surface area contributed by atoms with E-state index in [1.54, 1.807) is 0 Å². The molecule has 0 aromatic heterocycles. The lowest BCUT2D eigenvalue weighted by Gasteiger charge is -2.38. The molecule has 0 radical (unpaired) electrons. The molecular formula is C14H27NO. The third kappa shape index (κ3) is 4.67. The van der Waals surface area contributed by atoms with Crippen LogP contribution in [-0.2, 0) is 4.74 Å². The van der Waals surface area contributed by atoms with Gasteiger partial charge in [-0.1, -0.05) is 27.4 Å². The van der Waals surface area contributed by atoms with Crippen LogP contribution in [0.1, 0.15) is 40.0 Å². The zero-order valence-electron chi connectivity index (χ0n) is 11.3.